The molecule has 1 N–H and O–H groups in total. The van der Waals surface area contributed by atoms with Crippen molar-refractivity contribution < 1.29 is 4.39 Å². The third-order valence-electron chi connectivity index (χ3n) is 4.22. The number of piperidine rings is 1. The monoisotopic (exact) mass is 278 g/mol. The first-order valence-corrected chi connectivity index (χ1v) is 7.96. The van der Waals surface area contributed by atoms with Gasteiger partial charge in [0.15, 0.2) is 0 Å². The highest BCUT2D eigenvalue weighted by Gasteiger charge is 2.21. The van der Waals surface area contributed by atoms with Crippen molar-refractivity contribution in [2.75, 3.05) is 19.6 Å². The summed E-state index contributed by atoms with van der Waals surface area (Å²) in [5.74, 6) is -0.138. The normalized spacial score (nSPS) is 19.1. The van der Waals surface area contributed by atoms with Gasteiger partial charge in [0.1, 0.15) is 5.82 Å². The number of halogens is 1. The molecule has 2 rings (SSSR count). The number of benzene rings is 1. The van der Waals surface area contributed by atoms with Gasteiger partial charge in [0.05, 0.1) is 0 Å². The molecule has 0 radical (unpaired) electrons. The molecule has 20 heavy (non-hydrogen) atoms. The highest BCUT2D eigenvalue weighted by molar-refractivity contribution is 5.20. The second kappa shape index (κ2) is 7.75. The second-order valence-electron chi connectivity index (χ2n) is 5.80. The Morgan fingerprint density at radius 3 is 2.65 bits per heavy atom. The van der Waals surface area contributed by atoms with E-state index in [1.54, 1.807) is 12.1 Å². The van der Waals surface area contributed by atoms with E-state index in [2.05, 4.69) is 24.1 Å². The van der Waals surface area contributed by atoms with E-state index in [-0.39, 0.29) is 11.9 Å². The summed E-state index contributed by atoms with van der Waals surface area (Å²) < 4.78 is 13.3. The molecular formula is C17H27FN2. The number of hydrogen-bond acceptors (Lipinski definition) is 2. The van der Waals surface area contributed by atoms with Gasteiger partial charge in [-0.3, -0.25) is 0 Å². The fourth-order valence-electron chi connectivity index (χ4n) is 3.10. The first-order chi connectivity index (χ1) is 9.72. The maximum Gasteiger partial charge on any atom is 0.123 e. The van der Waals surface area contributed by atoms with Gasteiger partial charge in [-0.2, -0.15) is 0 Å². The van der Waals surface area contributed by atoms with E-state index in [1.807, 2.05) is 6.07 Å². The van der Waals surface area contributed by atoms with Crippen LogP contribution in [-0.4, -0.2) is 30.6 Å². The molecule has 0 bridgehead atoms. The van der Waals surface area contributed by atoms with Crippen LogP contribution in [0.5, 0.6) is 0 Å². The maximum absolute atomic E-state index is 13.3. The molecule has 1 aliphatic heterocycles. The molecule has 1 atom stereocenters. The Kier molecular flexibility index (Phi) is 5.99. The third-order valence-corrected chi connectivity index (χ3v) is 4.22. The van der Waals surface area contributed by atoms with Crippen LogP contribution in [0.4, 0.5) is 4.39 Å². The van der Waals surface area contributed by atoms with Crippen LogP contribution in [0.3, 0.4) is 0 Å². The van der Waals surface area contributed by atoms with Crippen LogP contribution in [0.15, 0.2) is 24.3 Å². The molecule has 1 unspecified atom stereocenters. The fraction of sp³-hybridized carbons (Fsp3) is 0.647. The summed E-state index contributed by atoms with van der Waals surface area (Å²) in [5, 5.41) is 3.72. The molecule has 1 aromatic rings. The quantitative estimate of drug-likeness (QED) is 0.852. The van der Waals surface area contributed by atoms with Gasteiger partial charge < -0.3 is 10.2 Å². The molecule has 0 aliphatic carbocycles. The first-order valence-electron chi connectivity index (χ1n) is 7.96. The lowest BCUT2D eigenvalue weighted by Crippen LogP contribution is -2.43. The molecule has 1 heterocycles. The van der Waals surface area contributed by atoms with Gasteiger partial charge in [-0.15, -0.1) is 0 Å². The van der Waals surface area contributed by atoms with E-state index in [1.165, 1.54) is 45.0 Å². The first kappa shape index (κ1) is 15.5. The molecule has 0 saturated carbocycles. The largest absolute Gasteiger partial charge is 0.307 e. The lowest BCUT2D eigenvalue weighted by atomic mass is 9.99. The van der Waals surface area contributed by atoms with Crippen molar-refractivity contribution in [1.29, 1.82) is 0 Å². The predicted octanol–water partition coefficient (Wildman–Crippen LogP) is 3.74. The van der Waals surface area contributed by atoms with Crippen molar-refractivity contribution in [3.05, 3.63) is 35.6 Å². The van der Waals surface area contributed by atoms with E-state index in [0.717, 1.165) is 12.0 Å². The highest BCUT2D eigenvalue weighted by Crippen LogP contribution is 2.21. The van der Waals surface area contributed by atoms with Crippen LogP contribution in [-0.2, 0) is 0 Å². The Morgan fingerprint density at radius 1 is 1.30 bits per heavy atom. The number of hydrogen-bond donors (Lipinski definition) is 1. The molecule has 1 aromatic carbocycles. The molecule has 1 fully saturated rings. The zero-order valence-electron chi connectivity index (χ0n) is 12.7. The molecule has 1 aliphatic rings. The predicted molar refractivity (Wildman–Crippen MR) is 82.3 cm³/mol. The minimum atomic E-state index is -0.138. The molecule has 3 heteroatoms. The van der Waals surface area contributed by atoms with Crippen molar-refractivity contribution >= 4 is 0 Å². The zero-order valence-corrected chi connectivity index (χ0v) is 12.7. The van der Waals surface area contributed by atoms with E-state index < -0.39 is 0 Å². The van der Waals surface area contributed by atoms with Gasteiger partial charge >= 0.3 is 0 Å². The molecule has 0 spiro atoms. The topological polar surface area (TPSA) is 15.3 Å². The Bertz CT molecular complexity index is 400. The highest BCUT2D eigenvalue weighted by atomic mass is 19.1. The number of nitrogens with one attached hydrogen (secondary N) is 1. The molecule has 1 saturated heterocycles. The van der Waals surface area contributed by atoms with E-state index >= 15 is 0 Å². The average Bonchev–Trinajstić information content (AvgIpc) is 2.47. The smallest absolute Gasteiger partial charge is 0.123 e. The van der Waals surface area contributed by atoms with Crippen molar-refractivity contribution in [3.8, 4) is 0 Å². The lowest BCUT2D eigenvalue weighted by molar-refractivity contribution is 0.190. The summed E-state index contributed by atoms with van der Waals surface area (Å²) in [6.45, 7) is 7.99. The Morgan fingerprint density at radius 2 is 2.05 bits per heavy atom. The lowest BCUT2D eigenvalue weighted by Gasteiger charge is -2.34. The Balaban J connectivity index is 1.88. The summed E-state index contributed by atoms with van der Waals surface area (Å²) in [7, 11) is 0. The van der Waals surface area contributed by atoms with Crippen LogP contribution in [0.2, 0.25) is 0 Å². The van der Waals surface area contributed by atoms with E-state index in [9.17, 15) is 4.39 Å². The van der Waals surface area contributed by atoms with Crippen LogP contribution >= 0.6 is 0 Å². The Hall–Kier alpha value is -0.930. The van der Waals surface area contributed by atoms with Crippen LogP contribution in [0.1, 0.15) is 51.1 Å². The van der Waals surface area contributed by atoms with Gasteiger partial charge in [-0.05, 0) is 63.0 Å². The molecule has 0 aromatic heterocycles. The Labute approximate surface area is 122 Å². The SMILES string of the molecule is CCCN1CCC(NC(CC)c2cccc(F)c2)CC1. The van der Waals surface area contributed by atoms with Crippen molar-refractivity contribution in [2.24, 2.45) is 0 Å². The summed E-state index contributed by atoms with van der Waals surface area (Å²) in [6.07, 6.45) is 4.63. The van der Waals surface area contributed by atoms with Crippen LogP contribution in [0, 0.1) is 5.82 Å². The number of nitrogens with zero attached hydrogens (tertiary/aromatic N) is 1. The number of rotatable bonds is 6. The van der Waals surface area contributed by atoms with Gasteiger partial charge in [0, 0.05) is 12.1 Å². The average molecular weight is 278 g/mol. The second-order valence-corrected chi connectivity index (χ2v) is 5.80. The van der Waals surface area contributed by atoms with Gasteiger partial charge in [-0.25, -0.2) is 4.39 Å². The maximum atomic E-state index is 13.3. The molecule has 112 valence electrons. The van der Waals surface area contributed by atoms with Gasteiger partial charge in [0.2, 0.25) is 0 Å². The van der Waals surface area contributed by atoms with E-state index in [4.69, 9.17) is 0 Å². The summed E-state index contributed by atoms with van der Waals surface area (Å²) in [4.78, 5) is 2.54. The summed E-state index contributed by atoms with van der Waals surface area (Å²) in [6, 6.07) is 7.84. The summed E-state index contributed by atoms with van der Waals surface area (Å²) in [5.41, 5.74) is 1.07. The van der Waals surface area contributed by atoms with Crippen LogP contribution < -0.4 is 5.32 Å². The minimum absolute atomic E-state index is 0.138. The van der Waals surface area contributed by atoms with Crippen molar-refractivity contribution in [1.82, 2.24) is 10.2 Å². The van der Waals surface area contributed by atoms with Crippen molar-refractivity contribution in [3.63, 3.8) is 0 Å². The molecular weight excluding hydrogens is 251 g/mol. The standard InChI is InChI=1S/C17H27FN2/c1-3-10-20-11-8-16(9-12-20)19-17(4-2)14-6-5-7-15(18)13-14/h5-7,13,16-17,19H,3-4,8-12H2,1-2H3. The fourth-order valence-corrected chi connectivity index (χ4v) is 3.10. The van der Waals surface area contributed by atoms with Crippen LogP contribution in [0.25, 0.3) is 0 Å². The van der Waals surface area contributed by atoms with E-state index in [0.29, 0.717) is 6.04 Å². The van der Waals surface area contributed by atoms with Crippen molar-refractivity contribution in [2.45, 2.75) is 51.6 Å². The third kappa shape index (κ3) is 4.29. The summed E-state index contributed by atoms with van der Waals surface area (Å²) >= 11 is 0. The molecule has 0 amide bonds. The minimum Gasteiger partial charge on any atom is -0.307 e. The van der Waals surface area contributed by atoms with Gasteiger partial charge in [0.25, 0.3) is 0 Å². The number of likely N-dealkylation sites (tertiary alicyclic amines) is 1. The van der Waals surface area contributed by atoms with Gasteiger partial charge in [-0.1, -0.05) is 26.0 Å². The zero-order chi connectivity index (χ0) is 14.4. The molecule has 2 nitrogen and oxygen atoms in total.